The molecular weight excluding hydrogens is 522 g/mol. The third-order valence-corrected chi connectivity index (χ3v) is 5.85. The summed E-state index contributed by atoms with van der Waals surface area (Å²) in [6.07, 6.45) is 1.40. The number of nitrogens with one attached hydrogen (secondary N) is 1. The molecule has 1 heterocycles. The highest BCUT2D eigenvalue weighted by atomic mass is 79.9. The zero-order valence-corrected chi connectivity index (χ0v) is 19.8. The lowest BCUT2D eigenvalue weighted by Gasteiger charge is -2.26. The van der Waals surface area contributed by atoms with Crippen LogP contribution >= 0.6 is 27.5 Å². The Kier molecular flexibility index (Phi) is 6.77. The van der Waals surface area contributed by atoms with E-state index in [1.54, 1.807) is 42.5 Å². The maximum Gasteiger partial charge on any atom is 0.335 e. The maximum absolute atomic E-state index is 13.0. The number of hydrogen-bond donors (Lipinski definition) is 1. The van der Waals surface area contributed by atoms with Crippen molar-refractivity contribution in [3.05, 3.63) is 98.5 Å². The Labute approximate surface area is 208 Å². The van der Waals surface area contributed by atoms with Crippen LogP contribution in [0.4, 0.5) is 10.5 Å². The van der Waals surface area contributed by atoms with E-state index in [9.17, 15) is 19.6 Å². The second-order valence-electron chi connectivity index (χ2n) is 7.18. The van der Waals surface area contributed by atoms with E-state index in [2.05, 4.69) is 27.3 Å². The van der Waals surface area contributed by atoms with Crippen LogP contribution in [0, 0.1) is 11.3 Å². The molecule has 4 amide bonds. The van der Waals surface area contributed by atoms with Crippen molar-refractivity contribution in [2.24, 2.45) is 0 Å². The van der Waals surface area contributed by atoms with Crippen LogP contribution in [0.5, 0.6) is 5.75 Å². The fraction of sp³-hybridized carbons (Fsp3) is 0.0400. The molecule has 1 N–H and O–H groups in total. The highest BCUT2D eigenvalue weighted by molar-refractivity contribution is 9.10. The van der Waals surface area contributed by atoms with Crippen LogP contribution in [0.3, 0.4) is 0 Å². The van der Waals surface area contributed by atoms with Crippen LogP contribution in [-0.4, -0.2) is 17.8 Å². The lowest BCUT2D eigenvalue weighted by atomic mass is 10.1. The first-order valence-corrected chi connectivity index (χ1v) is 11.1. The standard InChI is InChI=1S/C25H15BrClN3O4/c26-21-12-15(5-10-22(21)34-14-17-4-2-1-3-16(17)13-28)11-20-23(31)29-25(33)30(24(20)32)19-8-6-18(27)7-9-19/h1-12H,14H2,(H,29,31,33)/b20-11+. The number of carbonyl (C=O) groups is 3. The minimum absolute atomic E-state index is 0.196. The molecule has 168 valence electrons. The van der Waals surface area contributed by atoms with Crippen molar-refractivity contribution < 1.29 is 19.1 Å². The van der Waals surface area contributed by atoms with Gasteiger partial charge in [0.15, 0.2) is 0 Å². The third-order valence-electron chi connectivity index (χ3n) is 4.97. The average Bonchev–Trinajstić information content (AvgIpc) is 2.82. The Hall–Kier alpha value is -3.93. The van der Waals surface area contributed by atoms with E-state index in [-0.39, 0.29) is 17.9 Å². The summed E-state index contributed by atoms with van der Waals surface area (Å²) in [7, 11) is 0. The molecule has 0 spiro atoms. The smallest absolute Gasteiger partial charge is 0.335 e. The van der Waals surface area contributed by atoms with Crippen LogP contribution in [0.2, 0.25) is 5.02 Å². The first-order valence-electron chi connectivity index (χ1n) is 9.95. The molecule has 1 saturated heterocycles. The summed E-state index contributed by atoms with van der Waals surface area (Å²) in [4.78, 5) is 38.6. The molecule has 4 rings (SSSR count). The monoisotopic (exact) mass is 535 g/mol. The third kappa shape index (κ3) is 4.86. The summed E-state index contributed by atoms with van der Waals surface area (Å²) in [5.41, 5.74) is 1.91. The molecule has 3 aromatic carbocycles. The van der Waals surface area contributed by atoms with Crippen molar-refractivity contribution in [1.82, 2.24) is 5.32 Å². The van der Waals surface area contributed by atoms with Crippen LogP contribution in [0.25, 0.3) is 6.08 Å². The first kappa shape index (κ1) is 23.2. The number of barbiturate groups is 1. The maximum atomic E-state index is 13.0. The Morgan fingerprint density at radius 2 is 1.79 bits per heavy atom. The number of ether oxygens (including phenoxy) is 1. The van der Waals surface area contributed by atoms with E-state index in [0.717, 1.165) is 10.5 Å². The molecule has 0 unspecified atom stereocenters. The zero-order valence-electron chi connectivity index (χ0n) is 17.4. The van der Waals surface area contributed by atoms with Gasteiger partial charge in [-0.25, -0.2) is 9.69 Å². The number of nitrogens with zero attached hydrogens (tertiary/aromatic N) is 2. The van der Waals surface area contributed by atoms with Crippen LogP contribution in [0.1, 0.15) is 16.7 Å². The average molecular weight is 537 g/mol. The number of imide groups is 2. The van der Waals surface area contributed by atoms with E-state index in [1.807, 2.05) is 12.1 Å². The quantitative estimate of drug-likeness (QED) is 0.356. The molecule has 1 fully saturated rings. The number of urea groups is 1. The Balaban J connectivity index is 1.56. The number of halogens is 2. The molecule has 0 atom stereocenters. The lowest BCUT2D eigenvalue weighted by Crippen LogP contribution is -2.54. The molecule has 9 heteroatoms. The predicted molar refractivity (Wildman–Crippen MR) is 130 cm³/mol. The Morgan fingerprint density at radius 3 is 2.50 bits per heavy atom. The van der Waals surface area contributed by atoms with Gasteiger partial charge in [0.05, 0.1) is 21.8 Å². The minimum atomic E-state index is -0.836. The number of nitriles is 1. The van der Waals surface area contributed by atoms with Crippen molar-refractivity contribution in [3.63, 3.8) is 0 Å². The van der Waals surface area contributed by atoms with Crippen molar-refractivity contribution in [2.45, 2.75) is 6.61 Å². The van der Waals surface area contributed by atoms with Gasteiger partial charge in [-0.05, 0) is 70.0 Å². The van der Waals surface area contributed by atoms with Crippen LogP contribution in [-0.2, 0) is 16.2 Å². The van der Waals surface area contributed by atoms with E-state index in [1.165, 1.54) is 18.2 Å². The number of benzene rings is 3. The van der Waals surface area contributed by atoms with E-state index in [0.29, 0.717) is 26.4 Å². The SMILES string of the molecule is N#Cc1ccccc1COc1ccc(/C=C2\C(=O)NC(=O)N(c3ccc(Cl)cc3)C2=O)cc1Br. The summed E-state index contributed by atoms with van der Waals surface area (Å²) in [6.45, 7) is 0.196. The van der Waals surface area contributed by atoms with Gasteiger partial charge in [-0.3, -0.25) is 14.9 Å². The van der Waals surface area contributed by atoms with Crippen molar-refractivity contribution >= 4 is 57.1 Å². The molecule has 3 aromatic rings. The molecular formula is C25H15BrClN3O4. The number of rotatable bonds is 5. The van der Waals surface area contributed by atoms with Gasteiger partial charge in [0, 0.05) is 10.6 Å². The summed E-state index contributed by atoms with van der Waals surface area (Å²) in [6, 6.07) is 19.6. The Bertz CT molecular complexity index is 1380. The second-order valence-corrected chi connectivity index (χ2v) is 8.47. The number of hydrogen-bond acceptors (Lipinski definition) is 5. The second kappa shape index (κ2) is 9.91. The minimum Gasteiger partial charge on any atom is -0.488 e. The van der Waals surface area contributed by atoms with Gasteiger partial charge in [-0.1, -0.05) is 35.9 Å². The summed E-state index contributed by atoms with van der Waals surface area (Å²) in [5.74, 6) is -1.02. The van der Waals surface area contributed by atoms with Crippen molar-refractivity contribution in [1.29, 1.82) is 5.26 Å². The van der Waals surface area contributed by atoms with Gasteiger partial charge >= 0.3 is 6.03 Å². The van der Waals surface area contributed by atoms with Gasteiger partial charge in [0.25, 0.3) is 11.8 Å². The van der Waals surface area contributed by atoms with Crippen LogP contribution < -0.4 is 15.0 Å². The fourth-order valence-corrected chi connectivity index (χ4v) is 3.92. The number of carbonyl (C=O) groups excluding carboxylic acids is 3. The Morgan fingerprint density at radius 1 is 1.06 bits per heavy atom. The van der Waals surface area contributed by atoms with Gasteiger partial charge in [0.2, 0.25) is 0 Å². The highest BCUT2D eigenvalue weighted by Crippen LogP contribution is 2.29. The molecule has 7 nitrogen and oxygen atoms in total. The largest absolute Gasteiger partial charge is 0.488 e. The molecule has 1 aliphatic heterocycles. The molecule has 0 aromatic heterocycles. The molecule has 0 saturated carbocycles. The fourth-order valence-electron chi connectivity index (χ4n) is 3.28. The number of amides is 4. The van der Waals surface area contributed by atoms with Crippen LogP contribution in [0.15, 0.2) is 76.8 Å². The van der Waals surface area contributed by atoms with Crippen molar-refractivity contribution in [2.75, 3.05) is 4.90 Å². The zero-order chi connectivity index (χ0) is 24.2. The molecule has 0 radical (unpaired) electrons. The van der Waals surface area contributed by atoms with Crippen molar-refractivity contribution in [3.8, 4) is 11.8 Å². The molecule has 0 aliphatic carbocycles. The highest BCUT2D eigenvalue weighted by Gasteiger charge is 2.36. The first-order chi connectivity index (χ1) is 16.4. The van der Waals surface area contributed by atoms with Gasteiger partial charge < -0.3 is 4.74 Å². The normalized spacial score (nSPS) is 14.7. The van der Waals surface area contributed by atoms with Gasteiger partial charge in [0.1, 0.15) is 17.9 Å². The molecule has 34 heavy (non-hydrogen) atoms. The van der Waals surface area contributed by atoms with Gasteiger partial charge in [-0.2, -0.15) is 5.26 Å². The molecule has 1 aliphatic rings. The topological polar surface area (TPSA) is 99.5 Å². The van der Waals surface area contributed by atoms with Gasteiger partial charge in [-0.15, -0.1) is 0 Å². The summed E-state index contributed by atoms with van der Waals surface area (Å²) in [5, 5.41) is 11.8. The summed E-state index contributed by atoms with van der Waals surface area (Å²) < 4.78 is 6.41. The lowest BCUT2D eigenvalue weighted by molar-refractivity contribution is -0.122. The van der Waals surface area contributed by atoms with E-state index >= 15 is 0 Å². The summed E-state index contributed by atoms with van der Waals surface area (Å²) >= 11 is 9.32. The number of anilines is 1. The van der Waals surface area contributed by atoms with E-state index in [4.69, 9.17) is 16.3 Å². The predicted octanol–water partition coefficient (Wildman–Crippen LogP) is 5.22. The molecule has 0 bridgehead atoms. The van der Waals surface area contributed by atoms with E-state index < -0.39 is 17.8 Å².